The average molecular weight is 252 g/mol. The number of nitrogens with zero attached hydrogens (tertiary/aromatic N) is 1. The van der Waals surface area contributed by atoms with Gasteiger partial charge < -0.3 is 4.74 Å². The van der Waals surface area contributed by atoms with E-state index in [9.17, 15) is 13.2 Å². The summed E-state index contributed by atoms with van der Waals surface area (Å²) in [5.41, 5.74) is -0.884. The van der Waals surface area contributed by atoms with Gasteiger partial charge >= 0.3 is 6.18 Å². The van der Waals surface area contributed by atoms with E-state index in [4.69, 9.17) is 16.3 Å². The van der Waals surface area contributed by atoms with Crippen molar-refractivity contribution in [1.82, 2.24) is 4.98 Å². The fourth-order valence-corrected chi connectivity index (χ4v) is 1.26. The molecule has 0 aliphatic carbocycles. The van der Waals surface area contributed by atoms with E-state index >= 15 is 0 Å². The van der Waals surface area contributed by atoms with Gasteiger partial charge in [0.1, 0.15) is 16.6 Å². The molecule has 0 unspecified atom stereocenters. The van der Waals surface area contributed by atoms with E-state index in [0.717, 1.165) is 12.1 Å². The first kappa shape index (κ1) is 12.8. The second kappa shape index (κ2) is 4.74. The lowest BCUT2D eigenvalue weighted by atomic mass is 10.2. The highest BCUT2D eigenvalue weighted by Gasteiger charge is 2.31. The summed E-state index contributed by atoms with van der Waals surface area (Å²) in [4.78, 5) is 3.71. The van der Waals surface area contributed by atoms with E-state index in [1.165, 1.54) is 0 Å². The summed E-state index contributed by atoms with van der Waals surface area (Å²) in [5, 5.41) is -0.245. The topological polar surface area (TPSA) is 22.1 Å². The zero-order valence-corrected chi connectivity index (χ0v) is 9.19. The Labute approximate surface area is 95.7 Å². The summed E-state index contributed by atoms with van der Waals surface area (Å²) < 4.78 is 42.3. The Balaban J connectivity index is 3.13. The number of hydrogen-bond acceptors (Lipinski definition) is 2. The molecule has 0 aromatic carbocycles. The molecule has 2 nitrogen and oxygen atoms in total. The first-order valence-electron chi connectivity index (χ1n) is 4.41. The second-order valence-electron chi connectivity index (χ2n) is 2.92. The minimum absolute atomic E-state index is 0.0123. The molecule has 0 saturated heterocycles. The van der Waals surface area contributed by atoms with Gasteiger partial charge in [0.2, 0.25) is 0 Å². The summed E-state index contributed by atoms with van der Waals surface area (Å²) in [6, 6.07) is 1.61. The molecule has 88 valence electrons. The maximum absolute atomic E-state index is 12.4. The summed E-state index contributed by atoms with van der Waals surface area (Å²) in [5.74, 6) is 0.0653. The summed E-state index contributed by atoms with van der Waals surface area (Å²) in [6.45, 7) is 5.46. The average Bonchev–Trinajstić information content (AvgIpc) is 2.16. The van der Waals surface area contributed by atoms with Gasteiger partial charge in [0.25, 0.3) is 0 Å². The molecule has 0 fully saturated rings. The number of halogens is 4. The molecule has 1 aromatic heterocycles. The maximum atomic E-state index is 12.4. The molecule has 0 aliphatic heterocycles. The molecule has 1 aromatic rings. The van der Waals surface area contributed by atoms with Crippen molar-refractivity contribution in [3.8, 4) is 0 Å². The number of aromatic nitrogens is 1. The molecule has 6 heteroatoms. The molecule has 1 rings (SSSR count). The monoisotopic (exact) mass is 251 g/mol. The number of ether oxygens (including phenoxy) is 1. The predicted octanol–water partition coefficient (Wildman–Crippen LogP) is 3.76. The van der Waals surface area contributed by atoms with Gasteiger partial charge in [0.15, 0.2) is 0 Å². The van der Waals surface area contributed by atoms with Gasteiger partial charge in [-0.15, -0.1) is 0 Å². The van der Waals surface area contributed by atoms with Crippen LogP contribution in [0.2, 0.25) is 5.15 Å². The Morgan fingerprint density at radius 3 is 2.62 bits per heavy atom. The first-order valence-corrected chi connectivity index (χ1v) is 4.79. The van der Waals surface area contributed by atoms with Gasteiger partial charge in [-0.3, -0.25) is 0 Å². The Hall–Kier alpha value is -1.23. The zero-order valence-electron chi connectivity index (χ0n) is 8.44. The van der Waals surface area contributed by atoms with Crippen molar-refractivity contribution in [3.63, 3.8) is 0 Å². The maximum Gasteiger partial charge on any atom is 0.416 e. The molecule has 0 saturated carbocycles. The lowest BCUT2D eigenvalue weighted by Crippen LogP contribution is -2.07. The molecule has 0 bridgehead atoms. The smallest absolute Gasteiger partial charge is 0.416 e. The standard InChI is InChI=1S/C10H9ClF3NO/c1-3-16-6(2)8-4-7(10(12,13)14)5-9(11)15-8/h4-5H,2-3H2,1H3. The van der Waals surface area contributed by atoms with Crippen LogP contribution in [0.5, 0.6) is 0 Å². The Morgan fingerprint density at radius 1 is 1.50 bits per heavy atom. The van der Waals surface area contributed by atoms with Crippen LogP contribution in [0.15, 0.2) is 18.7 Å². The first-order chi connectivity index (χ1) is 7.34. The fourth-order valence-electron chi connectivity index (χ4n) is 1.05. The van der Waals surface area contributed by atoms with Crippen molar-refractivity contribution in [1.29, 1.82) is 0 Å². The quantitative estimate of drug-likeness (QED) is 0.603. The lowest BCUT2D eigenvalue weighted by Gasteiger charge is -2.10. The Morgan fingerprint density at radius 2 is 2.12 bits per heavy atom. The second-order valence-corrected chi connectivity index (χ2v) is 3.30. The molecule has 0 N–H and O–H groups in total. The molecule has 0 amide bonds. The van der Waals surface area contributed by atoms with Crippen LogP contribution in [0.25, 0.3) is 5.76 Å². The molecule has 0 radical (unpaired) electrons. The van der Waals surface area contributed by atoms with Gasteiger partial charge in [0.05, 0.1) is 12.2 Å². The third-order valence-electron chi connectivity index (χ3n) is 1.73. The van der Waals surface area contributed by atoms with Crippen LogP contribution < -0.4 is 0 Å². The zero-order chi connectivity index (χ0) is 12.3. The summed E-state index contributed by atoms with van der Waals surface area (Å²) >= 11 is 5.49. The van der Waals surface area contributed by atoms with Gasteiger partial charge in [-0.2, -0.15) is 13.2 Å². The van der Waals surface area contributed by atoms with Crippen LogP contribution in [0.1, 0.15) is 18.2 Å². The van der Waals surface area contributed by atoms with Crippen molar-refractivity contribution in [2.45, 2.75) is 13.1 Å². The third kappa shape index (κ3) is 3.13. The van der Waals surface area contributed by atoms with Crippen LogP contribution in [0.4, 0.5) is 13.2 Å². The molecule has 0 spiro atoms. The molecule has 16 heavy (non-hydrogen) atoms. The summed E-state index contributed by atoms with van der Waals surface area (Å²) in [6.07, 6.45) is -4.46. The minimum atomic E-state index is -4.46. The number of pyridine rings is 1. The van der Waals surface area contributed by atoms with Crippen LogP contribution >= 0.6 is 11.6 Å². The Kier molecular flexibility index (Phi) is 3.80. The molecule has 0 atom stereocenters. The van der Waals surface area contributed by atoms with Crippen molar-refractivity contribution in [2.24, 2.45) is 0 Å². The third-order valence-corrected chi connectivity index (χ3v) is 1.92. The minimum Gasteiger partial charge on any atom is -0.492 e. The van der Waals surface area contributed by atoms with Gasteiger partial charge in [0, 0.05) is 0 Å². The van der Waals surface area contributed by atoms with Crippen molar-refractivity contribution in [3.05, 3.63) is 35.1 Å². The van der Waals surface area contributed by atoms with Crippen LogP contribution in [-0.4, -0.2) is 11.6 Å². The summed E-state index contributed by atoms with van der Waals surface area (Å²) in [7, 11) is 0. The van der Waals surface area contributed by atoms with E-state index in [0.29, 0.717) is 6.61 Å². The molecular formula is C10H9ClF3NO. The molecule has 0 aliphatic rings. The largest absolute Gasteiger partial charge is 0.492 e. The van der Waals surface area contributed by atoms with Crippen molar-refractivity contribution >= 4 is 17.4 Å². The van der Waals surface area contributed by atoms with Crippen molar-refractivity contribution in [2.75, 3.05) is 6.61 Å². The van der Waals surface area contributed by atoms with E-state index in [2.05, 4.69) is 11.6 Å². The lowest BCUT2D eigenvalue weighted by molar-refractivity contribution is -0.137. The number of alkyl halides is 3. The number of rotatable bonds is 3. The normalized spacial score (nSPS) is 11.3. The van der Waals surface area contributed by atoms with Crippen molar-refractivity contribution < 1.29 is 17.9 Å². The van der Waals surface area contributed by atoms with E-state index in [1.54, 1.807) is 6.92 Å². The van der Waals surface area contributed by atoms with E-state index in [-0.39, 0.29) is 16.6 Å². The predicted molar refractivity (Wildman–Crippen MR) is 54.9 cm³/mol. The fraction of sp³-hybridized carbons (Fsp3) is 0.300. The van der Waals surface area contributed by atoms with Crippen LogP contribution in [-0.2, 0) is 10.9 Å². The highest BCUT2D eigenvalue weighted by molar-refractivity contribution is 6.29. The Bertz CT molecular complexity index is 404. The van der Waals surface area contributed by atoms with Gasteiger partial charge in [-0.25, -0.2) is 4.98 Å². The molecule has 1 heterocycles. The van der Waals surface area contributed by atoms with Crippen LogP contribution in [0, 0.1) is 0 Å². The molecular weight excluding hydrogens is 243 g/mol. The number of hydrogen-bond donors (Lipinski definition) is 0. The highest BCUT2D eigenvalue weighted by Crippen LogP contribution is 2.32. The van der Waals surface area contributed by atoms with Crippen LogP contribution in [0.3, 0.4) is 0 Å². The van der Waals surface area contributed by atoms with Gasteiger partial charge in [-0.05, 0) is 19.1 Å². The van der Waals surface area contributed by atoms with Gasteiger partial charge in [-0.1, -0.05) is 18.2 Å². The van der Waals surface area contributed by atoms with E-state index < -0.39 is 11.7 Å². The highest BCUT2D eigenvalue weighted by atomic mass is 35.5. The van der Waals surface area contributed by atoms with E-state index in [1.807, 2.05) is 0 Å². The SMILES string of the molecule is C=C(OCC)c1cc(C(F)(F)F)cc(Cl)n1.